The number of carboxylic acid groups (broad SMARTS) is 1. The number of benzene rings is 1. The molecule has 0 saturated carbocycles. The van der Waals surface area contributed by atoms with E-state index in [2.05, 4.69) is 10.3 Å². The molecule has 1 aromatic heterocycles. The highest BCUT2D eigenvalue weighted by Crippen LogP contribution is 2.35. The Hall–Kier alpha value is -3.20. The van der Waals surface area contributed by atoms with E-state index in [1.54, 1.807) is 17.0 Å². The van der Waals surface area contributed by atoms with Crippen LogP contribution in [0.25, 0.3) is 0 Å². The molecule has 2 atom stereocenters. The van der Waals surface area contributed by atoms with Crippen molar-refractivity contribution in [2.45, 2.75) is 18.8 Å². The van der Waals surface area contributed by atoms with Crippen molar-refractivity contribution in [2.24, 2.45) is 11.8 Å². The SMILES string of the molecule is O=C(O)NC[C@H]1CN(C(=O)C2CCN(C(=O)c3ccc(F)cn3)CC2)C[C@H]1c1ccc(Cl)cc1. The van der Waals surface area contributed by atoms with Crippen LogP contribution >= 0.6 is 11.6 Å². The zero-order valence-electron chi connectivity index (χ0n) is 18.5. The first-order valence-corrected chi connectivity index (χ1v) is 11.6. The molecule has 0 bridgehead atoms. The lowest BCUT2D eigenvalue weighted by Crippen LogP contribution is -2.44. The smallest absolute Gasteiger partial charge is 0.404 e. The van der Waals surface area contributed by atoms with Gasteiger partial charge in [0.05, 0.1) is 6.20 Å². The third-order valence-corrected chi connectivity index (χ3v) is 6.90. The van der Waals surface area contributed by atoms with Crippen LogP contribution in [0.5, 0.6) is 0 Å². The van der Waals surface area contributed by atoms with Crippen LogP contribution in [0.3, 0.4) is 0 Å². The molecule has 34 heavy (non-hydrogen) atoms. The van der Waals surface area contributed by atoms with Crippen LogP contribution in [-0.4, -0.2) is 70.5 Å². The predicted molar refractivity (Wildman–Crippen MR) is 123 cm³/mol. The summed E-state index contributed by atoms with van der Waals surface area (Å²) in [6.07, 6.45) is 0.994. The van der Waals surface area contributed by atoms with Gasteiger partial charge in [-0.15, -0.1) is 0 Å². The first-order valence-electron chi connectivity index (χ1n) is 11.2. The van der Waals surface area contributed by atoms with Crippen molar-refractivity contribution >= 4 is 29.5 Å². The molecule has 0 radical (unpaired) electrons. The molecule has 0 unspecified atom stereocenters. The Kier molecular flexibility index (Phi) is 7.31. The van der Waals surface area contributed by atoms with Gasteiger partial charge in [-0.25, -0.2) is 14.2 Å². The number of hydrogen-bond donors (Lipinski definition) is 2. The lowest BCUT2D eigenvalue weighted by molar-refractivity contribution is -0.136. The number of nitrogens with zero attached hydrogens (tertiary/aromatic N) is 3. The third kappa shape index (κ3) is 5.47. The number of piperidine rings is 1. The molecule has 2 aliphatic heterocycles. The van der Waals surface area contributed by atoms with Gasteiger partial charge in [0.1, 0.15) is 11.5 Å². The van der Waals surface area contributed by atoms with Crippen LogP contribution in [0.1, 0.15) is 34.8 Å². The summed E-state index contributed by atoms with van der Waals surface area (Å²) >= 11 is 6.02. The fourth-order valence-electron chi connectivity index (χ4n) is 4.82. The number of likely N-dealkylation sites (tertiary alicyclic amines) is 2. The van der Waals surface area contributed by atoms with Crippen molar-refractivity contribution in [3.05, 3.63) is 64.7 Å². The van der Waals surface area contributed by atoms with E-state index in [1.165, 1.54) is 12.1 Å². The summed E-state index contributed by atoms with van der Waals surface area (Å²) in [6, 6.07) is 10.0. The van der Waals surface area contributed by atoms with E-state index >= 15 is 0 Å². The summed E-state index contributed by atoms with van der Waals surface area (Å²) < 4.78 is 13.1. The first kappa shape index (κ1) is 23.9. The molecule has 180 valence electrons. The van der Waals surface area contributed by atoms with Crippen molar-refractivity contribution in [2.75, 3.05) is 32.7 Å². The van der Waals surface area contributed by atoms with Crippen LogP contribution in [0.4, 0.5) is 9.18 Å². The largest absolute Gasteiger partial charge is 0.465 e. The number of nitrogens with one attached hydrogen (secondary N) is 1. The second-order valence-corrected chi connectivity index (χ2v) is 9.21. The molecule has 2 fully saturated rings. The van der Waals surface area contributed by atoms with Crippen LogP contribution in [-0.2, 0) is 4.79 Å². The number of pyridine rings is 1. The van der Waals surface area contributed by atoms with E-state index in [1.807, 2.05) is 17.0 Å². The molecular weight excluding hydrogens is 463 g/mol. The number of carbonyl (C=O) groups is 3. The van der Waals surface area contributed by atoms with Crippen molar-refractivity contribution < 1.29 is 23.9 Å². The minimum Gasteiger partial charge on any atom is -0.465 e. The Morgan fingerprint density at radius 3 is 2.38 bits per heavy atom. The average Bonchev–Trinajstić information content (AvgIpc) is 3.27. The van der Waals surface area contributed by atoms with Gasteiger partial charge in [0.25, 0.3) is 5.91 Å². The predicted octanol–water partition coefficient (Wildman–Crippen LogP) is 3.24. The number of amides is 3. The highest BCUT2D eigenvalue weighted by Gasteiger charge is 2.39. The number of carbonyl (C=O) groups excluding carboxylic acids is 2. The van der Waals surface area contributed by atoms with E-state index in [0.29, 0.717) is 44.0 Å². The standard InChI is InChI=1S/C24H26ClFN4O4/c25-18-3-1-15(2-4-18)20-14-30(13-17(20)11-28-24(33)34)22(31)16-7-9-29(10-8-16)23(32)21-6-5-19(26)12-27-21/h1-6,12,16-17,20,28H,7-11,13-14H2,(H,33,34)/t17-,20-/m0/s1. The van der Waals surface area contributed by atoms with Crippen molar-refractivity contribution in [3.63, 3.8) is 0 Å². The highest BCUT2D eigenvalue weighted by atomic mass is 35.5. The number of aromatic nitrogens is 1. The van der Waals surface area contributed by atoms with Gasteiger partial charge in [-0.2, -0.15) is 0 Å². The van der Waals surface area contributed by atoms with Gasteiger partial charge in [-0.05, 0) is 42.7 Å². The lowest BCUT2D eigenvalue weighted by atomic mass is 9.89. The summed E-state index contributed by atoms with van der Waals surface area (Å²) in [5.41, 5.74) is 1.20. The van der Waals surface area contributed by atoms with E-state index in [-0.39, 0.29) is 41.8 Å². The maximum Gasteiger partial charge on any atom is 0.404 e. The Balaban J connectivity index is 1.38. The van der Waals surface area contributed by atoms with Gasteiger partial charge in [0.15, 0.2) is 0 Å². The molecule has 3 amide bonds. The quantitative estimate of drug-likeness (QED) is 0.672. The van der Waals surface area contributed by atoms with E-state index in [9.17, 15) is 18.8 Å². The monoisotopic (exact) mass is 488 g/mol. The molecule has 0 spiro atoms. The Morgan fingerprint density at radius 2 is 1.76 bits per heavy atom. The lowest BCUT2D eigenvalue weighted by Gasteiger charge is -2.33. The molecule has 2 saturated heterocycles. The fourth-order valence-corrected chi connectivity index (χ4v) is 4.94. The number of halogens is 2. The van der Waals surface area contributed by atoms with Crippen LogP contribution in [0, 0.1) is 17.7 Å². The molecular formula is C24H26ClFN4O4. The van der Waals surface area contributed by atoms with Gasteiger partial charge in [0.2, 0.25) is 5.91 Å². The normalized spacial score (nSPS) is 20.9. The van der Waals surface area contributed by atoms with Crippen molar-refractivity contribution in [1.82, 2.24) is 20.1 Å². The maximum atomic E-state index is 13.3. The third-order valence-electron chi connectivity index (χ3n) is 6.64. The summed E-state index contributed by atoms with van der Waals surface area (Å²) in [5.74, 6) is -0.993. The summed E-state index contributed by atoms with van der Waals surface area (Å²) in [4.78, 5) is 44.3. The second-order valence-electron chi connectivity index (χ2n) is 8.78. The van der Waals surface area contributed by atoms with Gasteiger partial charge < -0.3 is 20.2 Å². The minimum atomic E-state index is -1.09. The topological polar surface area (TPSA) is 103 Å². The fraction of sp³-hybridized carbons (Fsp3) is 0.417. The number of hydrogen-bond acceptors (Lipinski definition) is 4. The molecule has 4 rings (SSSR count). The second kappa shape index (κ2) is 10.4. The van der Waals surface area contributed by atoms with Gasteiger partial charge in [-0.1, -0.05) is 23.7 Å². The highest BCUT2D eigenvalue weighted by molar-refractivity contribution is 6.30. The molecule has 0 aliphatic carbocycles. The maximum absolute atomic E-state index is 13.3. The van der Waals surface area contributed by atoms with Gasteiger partial charge >= 0.3 is 6.09 Å². The Morgan fingerprint density at radius 1 is 1.06 bits per heavy atom. The van der Waals surface area contributed by atoms with Crippen LogP contribution < -0.4 is 5.32 Å². The molecule has 2 N–H and O–H groups in total. The molecule has 10 heteroatoms. The van der Waals surface area contributed by atoms with Crippen LogP contribution in [0.15, 0.2) is 42.6 Å². The van der Waals surface area contributed by atoms with Crippen molar-refractivity contribution in [3.8, 4) is 0 Å². The Labute approximate surface area is 201 Å². The first-order chi connectivity index (χ1) is 16.3. The summed E-state index contributed by atoms with van der Waals surface area (Å²) in [7, 11) is 0. The van der Waals surface area contributed by atoms with Crippen molar-refractivity contribution in [1.29, 1.82) is 0 Å². The van der Waals surface area contributed by atoms with E-state index in [0.717, 1.165) is 11.8 Å². The molecule has 8 nitrogen and oxygen atoms in total. The van der Waals surface area contributed by atoms with E-state index < -0.39 is 11.9 Å². The molecule has 2 aromatic rings. The van der Waals surface area contributed by atoms with E-state index in [4.69, 9.17) is 16.7 Å². The Bertz CT molecular complexity index is 1040. The molecule has 3 heterocycles. The zero-order chi connectivity index (χ0) is 24.2. The van der Waals surface area contributed by atoms with Gasteiger partial charge in [0, 0.05) is 55.5 Å². The average molecular weight is 489 g/mol. The zero-order valence-corrected chi connectivity index (χ0v) is 19.2. The van der Waals surface area contributed by atoms with Gasteiger partial charge in [-0.3, -0.25) is 9.59 Å². The molecule has 2 aliphatic rings. The number of rotatable bonds is 5. The summed E-state index contributed by atoms with van der Waals surface area (Å²) in [5, 5.41) is 12.1. The minimum absolute atomic E-state index is 0.000663. The molecule has 1 aromatic carbocycles. The van der Waals surface area contributed by atoms with Crippen LogP contribution in [0.2, 0.25) is 5.02 Å². The summed E-state index contributed by atoms with van der Waals surface area (Å²) in [6.45, 7) is 2.07.